The summed E-state index contributed by atoms with van der Waals surface area (Å²) >= 11 is 0. The van der Waals surface area contributed by atoms with E-state index in [1.807, 2.05) is 6.07 Å². The Bertz CT molecular complexity index is 487. The molecule has 1 saturated carbocycles. The summed E-state index contributed by atoms with van der Waals surface area (Å²) in [6, 6.07) is 3.72. The number of hydrogen-bond acceptors (Lipinski definition) is 3. The Labute approximate surface area is 114 Å². The fourth-order valence-corrected chi connectivity index (χ4v) is 2.07. The first-order valence-corrected chi connectivity index (χ1v) is 6.86. The molecular formula is C15H23N3O. The third-order valence-electron chi connectivity index (χ3n) is 3.56. The van der Waals surface area contributed by atoms with Crippen LogP contribution in [0.2, 0.25) is 0 Å². The van der Waals surface area contributed by atoms with E-state index >= 15 is 0 Å². The zero-order valence-electron chi connectivity index (χ0n) is 12.2. The van der Waals surface area contributed by atoms with Crippen LogP contribution >= 0.6 is 0 Å². The molecule has 1 atom stereocenters. The molecule has 1 aliphatic carbocycles. The van der Waals surface area contributed by atoms with Gasteiger partial charge in [0.2, 0.25) is 0 Å². The van der Waals surface area contributed by atoms with E-state index in [0.29, 0.717) is 17.3 Å². The highest BCUT2D eigenvalue weighted by atomic mass is 16.1. The number of amides is 1. The predicted octanol–water partition coefficient (Wildman–Crippen LogP) is 2.49. The van der Waals surface area contributed by atoms with Crippen molar-refractivity contribution in [2.45, 2.75) is 52.0 Å². The molecule has 1 heterocycles. The lowest BCUT2D eigenvalue weighted by molar-refractivity contribution is 0.0935. The minimum absolute atomic E-state index is 0.0565. The maximum Gasteiger partial charge on any atom is 0.251 e. The van der Waals surface area contributed by atoms with Crippen LogP contribution in [0.3, 0.4) is 0 Å². The maximum atomic E-state index is 12.2. The van der Waals surface area contributed by atoms with Gasteiger partial charge in [-0.2, -0.15) is 0 Å². The van der Waals surface area contributed by atoms with Gasteiger partial charge in [0.25, 0.3) is 5.91 Å². The monoisotopic (exact) mass is 261 g/mol. The first-order valence-electron chi connectivity index (χ1n) is 6.86. The van der Waals surface area contributed by atoms with Gasteiger partial charge in [-0.05, 0) is 37.8 Å². The molecule has 1 aliphatic rings. The van der Waals surface area contributed by atoms with Crippen LogP contribution in [0.25, 0.3) is 0 Å². The molecule has 0 spiro atoms. The van der Waals surface area contributed by atoms with Gasteiger partial charge in [-0.3, -0.25) is 4.79 Å². The van der Waals surface area contributed by atoms with Crippen molar-refractivity contribution in [2.75, 3.05) is 5.73 Å². The number of pyridine rings is 1. The van der Waals surface area contributed by atoms with Crippen LogP contribution in [0.5, 0.6) is 0 Å². The molecular weight excluding hydrogens is 238 g/mol. The Balaban J connectivity index is 2.19. The third kappa shape index (κ3) is 3.46. The fraction of sp³-hybridized carbons (Fsp3) is 0.600. The molecule has 0 aromatic carbocycles. The molecule has 4 nitrogen and oxygen atoms in total. The van der Waals surface area contributed by atoms with Gasteiger partial charge in [0.05, 0.1) is 0 Å². The number of rotatable bonds is 3. The summed E-state index contributed by atoms with van der Waals surface area (Å²) in [6.07, 6.45) is 2.43. The number of nitrogen functional groups attached to an aromatic ring is 1. The lowest BCUT2D eigenvalue weighted by Crippen LogP contribution is -2.34. The SMILES string of the molecule is CC(NC(=O)c1cc(N)nc(C(C)(C)C)c1)C1CC1. The standard InChI is InChI=1S/C15H23N3O/c1-9(10-5-6-10)17-14(19)11-7-12(15(2,3)4)18-13(16)8-11/h7-10H,5-6H2,1-4H3,(H2,16,18)(H,17,19). The Morgan fingerprint density at radius 2 is 2.05 bits per heavy atom. The van der Waals surface area contributed by atoms with Gasteiger partial charge in [-0.1, -0.05) is 20.8 Å². The molecule has 0 aliphatic heterocycles. The van der Waals surface area contributed by atoms with E-state index in [0.717, 1.165) is 5.69 Å². The van der Waals surface area contributed by atoms with E-state index < -0.39 is 0 Å². The van der Waals surface area contributed by atoms with Crippen molar-refractivity contribution in [2.24, 2.45) is 5.92 Å². The molecule has 0 saturated heterocycles. The molecule has 1 amide bonds. The first-order chi connectivity index (χ1) is 8.77. The third-order valence-corrected chi connectivity index (χ3v) is 3.56. The molecule has 3 N–H and O–H groups in total. The average Bonchev–Trinajstić information content (AvgIpc) is 3.10. The van der Waals surface area contributed by atoms with Crippen molar-refractivity contribution in [1.82, 2.24) is 10.3 Å². The molecule has 4 heteroatoms. The molecule has 104 valence electrons. The van der Waals surface area contributed by atoms with Crippen LogP contribution in [0.1, 0.15) is 56.6 Å². The van der Waals surface area contributed by atoms with Crippen LogP contribution in [0.15, 0.2) is 12.1 Å². The van der Waals surface area contributed by atoms with Crippen LogP contribution in [-0.2, 0) is 5.41 Å². The van der Waals surface area contributed by atoms with Crippen molar-refractivity contribution >= 4 is 11.7 Å². The minimum Gasteiger partial charge on any atom is -0.384 e. The van der Waals surface area contributed by atoms with Crippen molar-refractivity contribution in [1.29, 1.82) is 0 Å². The van der Waals surface area contributed by atoms with E-state index in [1.165, 1.54) is 12.8 Å². The second kappa shape index (κ2) is 4.83. The highest BCUT2D eigenvalue weighted by molar-refractivity contribution is 5.95. The number of aromatic nitrogens is 1. The van der Waals surface area contributed by atoms with Crippen LogP contribution in [0.4, 0.5) is 5.82 Å². The summed E-state index contributed by atoms with van der Waals surface area (Å²) in [6.45, 7) is 8.24. The quantitative estimate of drug-likeness (QED) is 0.878. The molecule has 1 aromatic rings. The summed E-state index contributed by atoms with van der Waals surface area (Å²) in [5.74, 6) is 0.987. The van der Waals surface area contributed by atoms with Crippen molar-refractivity contribution in [3.05, 3.63) is 23.4 Å². The first kappa shape index (κ1) is 13.8. The smallest absolute Gasteiger partial charge is 0.251 e. The molecule has 0 bridgehead atoms. The number of anilines is 1. The fourth-order valence-electron chi connectivity index (χ4n) is 2.07. The lowest BCUT2D eigenvalue weighted by Gasteiger charge is -2.19. The second-order valence-corrected chi connectivity index (χ2v) is 6.52. The van der Waals surface area contributed by atoms with Gasteiger partial charge in [0.1, 0.15) is 5.82 Å². The summed E-state index contributed by atoms with van der Waals surface area (Å²) in [4.78, 5) is 16.5. The summed E-state index contributed by atoms with van der Waals surface area (Å²) < 4.78 is 0. The molecule has 0 radical (unpaired) electrons. The van der Waals surface area contributed by atoms with E-state index in [4.69, 9.17) is 5.73 Å². The van der Waals surface area contributed by atoms with Gasteiger partial charge in [-0.15, -0.1) is 0 Å². The highest BCUT2D eigenvalue weighted by Crippen LogP contribution is 2.32. The second-order valence-electron chi connectivity index (χ2n) is 6.52. The number of nitrogens with two attached hydrogens (primary N) is 1. The molecule has 1 aromatic heterocycles. The van der Waals surface area contributed by atoms with Crippen LogP contribution < -0.4 is 11.1 Å². The molecule has 19 heavy (non-hydrogen) atoms. The summed E-state index contributed by atoms with van der Waals surface area (Å²) in [5.41, 5.74) is 7.13. The van der Waals surface area contributed by atoms with E-state index in [9.17, 15) is 4.79 Å². The molecule has 2 rings (SSSR count). The summed E-state index contributed by atoms with van der Waals surface area (Å²) in [5, 5.41) is 3.04. The van der Waals surface area contributed by atoms with Gasteiger partial charge in [-0.25, -0.2) is 4.98 Å². The number of nitrogens with zero attached hydrogens (tertiary/aromatic N) is 1. The van der Waals surface area contributed by atoms with Crippen LogP contribution in [-0.4, -0.2) is 16.9 Å². The summed E-state index contributed by atoms with van der Waals surface area (Å²) in [7, 11) is 0. The zero-order chi connectivity index (χ0) is 14.2. The Kier molecular flexibility index (Phi) is 3.52. The van der Waals surface area contributed by atoms with E-state index in [-0.39, 0.29) is 17.4 Å². The number of nitrogens with one attached hydrogen (secondary N) is 1. The maximum absolute atomic E-state index is 12.2. The lowest BCUT2D eigenvalue weighted by atomic mass is 9.90. The largest absolute Gasteiger partial charge is 0.384 e. The number of hydrogen-bond donors (Lipinski definition) is 2. The van der Waals surface area contributed by atoms with Gasteiger partial charge < -0.3 is 11.1 Å². The van der Waals surface area contributed by atoms with Gasteiger partial charge >= 0.3 is 0 Å². The molecule has 1 unspecified atom stereocenters. The predicted molar refractivity (Wildman–Crippen MR) is 77.0 cm³/mol. The van der Waals surface area contributed by atoms with Crippen molar-refractivity contribution in [3.63, 3.8) is 0 Å². The van der Waals surface area contributed by atoms with Gasteiger partial charge in [0.15, 0.2) is 0 Å². The number of carbonyl (C=O) groups is 1. The van der Waals surface area contributed by atoms with Crippen molar-refractivity contribution < 1.29 is 4.79 Å². The van der Waals surface area contributed by atoms with E-state index in [1.54, 1.807) is 6.07 Å². The van der Waals surface area contributed by atoms with Crippen molar-refractivity contribution in [3.8, 4) is 0 Å². The Morgan fingerprint density at radius 3 is 2.58 bits per heavy atom. The molecule has 1 fully saturated rings. The topological polar surface area (TPSA) is 68.0 Å². The normalized spacial score (nSPS) is 17.1. The Morgan fingerprint density at radius 1 is 1.42 bits per heavy atom. The minimum atomic E-state index is -0.119. The van der Waals surface area contributed by atoms with Crippen LogP contribution in [0, 0.1) is 5.92 Å². The van der Waals surface area contributed by atoms with E-state index in [2.05, 4.69) is 38.0 Å². The average molecular weight is 261 g/mol. The van der Waals surface area contributed by atoms with Gasteiger partial charge in [0, 0.05) is 22.7 Å². The highest BCUT2D eigenvalue weighted by Gasteiger charge is 2.29. The number of carbonyl (C=O) groups excluding carboxylic acids is 1. The Hall–Kier alpha value is -1.58. The zero-order valence-corrected chi connectivity index (χ0v) is 12.2.